The Morgan fingerprint density at radius 1 is 0.524 bits per heavy atom. The summed E-state index contributed by atoms with van der Waals surface area (Å²) in [4.78, 5) is 0. The molecule has 110 valence electrons. The molecule has 0 saturated carbocycles. The van der Waals surface area contributed by atoms with Crippen LogP contribution in [0.15, 0.2) is 24.3 Å². The van der Waals surface area contributed by atoms with Gasteiger partial charge in [-0.05, 0) is 0 Å². The predicted octanol–water partition coefficient (Wildman–Crippen LogP) is 3.62. The van der Waals surface area contributed by atoms with E-state index in [0.717, 1.165) is 0 Å². The van der Waals surface area contributed by atoms with Gasteiger partial charge in [-0.25, -0.2) is 26.3 Å². The van der Waals surface area contributed by atoms with Crippen molar-refractivity contribution in [2.75, 3.05) is 0 Å². The van der Waals surface area contributed by atoms with Crippen LogP contribution in [-0.4, -0.2) is 10.2 Å². The molecular weight excluding hydrogens is 356 g/mol. The van der Waals surface area contributed by atoms with Gasteiger partial charge in [-0.15, -0.1) is 0 Å². The molecule has 2 N–H and O–H groups in total. The van der Waals surface area contributed by atoms with Gasteiger partial charge >= 0.3 is 0 Å². The van der Waals surface area contributed by atoms with Crippen LogP contribution in [0.2, 0.25) is 0 Å². The molecule has 0 aliphatic heterocycles. The Morgan fingerprint density at radius 3 is 0.905 bits per heavy atom. The summed E-state index contributed by atoms with van der Waals surface area (Å²) in [6.07, 6.45) is 0. The fraction of sp³-hybridized carbons (Fsp3) is 0. The molecule has 0 bridgehead atoms. The van der Waals surface area contributed by atoms with Gasteiger partial charge in [0.15, 0.2) is 34.9 Å². The number of benzene rings is 2. The van der Waals surface area contributed by atoms with Gasteiger partial charge in [0, 0.05) is 43.7 Å². The summed E-state index contributed by atoms with van der Waals surface area (Å²) in [5.74, 6) is -9.96. The molecule has 0 amide bonds. The van der Waals surface area contributed by atoms with Crippen LogP contribution in [0.5, 0.6) is 11.5 Å². The molecule has 0 spiro atoms. The number of phenolic OH excluding ortho intramolecular Hbond substituents is 2. The van der Waals surface area contributed by atoms with Crippen LogP contribution in [0.1, 0.15) is 0 Å². The standard InChI is InChI=1S/2C6H3F3O.Zn/c2*7-4-1-3(10)2-5(8)6(4)9;/h2*1-2,10H;. The minimum Gasteiger partial charge on any atom is -0.508 e. The van der Waals surface area contributed by atoms with Crippen molar-refractivity contribution in [3.63, 3.8) is 0 Å². The number of aromatic hydroxyl groups is 2. The Morgan fingerprint density at radius 2 is 0.714 bits per heavy atom. The van der Waals surface area contributed by atoms with Crippen molar-refractivity contribution in [1.82, 2.24) is 0 Å². The van der Waals surface area contributed by atoms with Crippen molar-refractivity contribution < 1.29 is 56.0 Å². The molecule has 0 aliphatic carbocycles. The summed E-state index contributed by atoms with van der Waals surface area (Å²) in [6.45, 7) is 0. The van der Waals surface area contributed by atoms with Gasteiger partial charge in [0.25, 0.3) is 0 Å². The van der Waals surface area contributed by atoms with E-state index in [2.05, 4.69) is 0 Å². The minimum absolute atomic E-state index is 0. The second-order valence-electron chi connectivity index (χ2n) is 3.45. The summed E-state index contributed by atoms with van der Waals surface area (Å²) in [6, 6.07) is 1.99. The molecule has 9 heteroatoms. The molecule has 0 heterocycles. The average molecular weight is 362 g/mol. The van der Waals surface area contributed by atoms with Gasteiger partial charge in [0.2, 0.25) is 0 Å². The molecule has 0 fully saturated rings. The second-order valence-corrected chi connectivity index (χ2v) is 3.45. The zero-order valence-corrected chi connectivity index (χ0v) is 13.1. The Kier molecular flexibility index (Phi) is 7.22. The molecule has 0 aromatic heterocycles. The van der Waals surface area contributed by atoms with Gasteiger partial charge in [-0.1, -0.05) is 0 Å². The molecule has 2 aromatic carbocycles. The van der Waals surface area contributed by atoms with Crippen molar-refractivity contribution in [3.05, 3.63) is 59.2 Å². The monoisotopic (exact) mass is 360 g/mol. The first kappa shape index (κ1) is 19.2. The summed E-state index contributed by atoms with van der Waals surface area (Å²) < 4.78 is 72.4. The molecule has 0 radical (unpaired) electrons. The molecule has 2 nitrogen and oxygen atoms in total. The first-order valence-electron chi connectivity index (χ1n) is 4.89. The van der Waals surface area contributed by atoms with E-state index in [1.54, 1.807) is 0 Å². The number of halogens is 6. The van der Waals surface area contributed by atoms with Gasteiger partial charge in [0.05, 0.1) is 0 Å². The van der Waals surface area contributed by atoms with Crippen LogP contribution in [0, 0.1) is 34.9 Å². The maximum absolute atomic E-state index is 12.1. The van der Waals surface area contributed by atoms with Gasteiger partial charge < -0.3 is 10.2 Å². The van der Waals surface area contributed by atoms with E-state index in [9.17, 15) is 26.3 Å². The van der Waals surface area contributed by atoms with E-state index in [4.69, 9.17) is 10.2 Å². The van der Waals surface area contributed by atoms with E-state index >= 15 is 0 Å². The average Bonchev–Trinajstić information content (AvgIpc) is 2.33. The normalized spacial score (nSPS) is 9.43. The molecule has 0 aliphatic rings. The smallest absolute Gasteiger partial charge is 0.194 e. The van der Waals surface area contributed by atoms with Crippen molar-refractivity contribution in [2.24, 2.45) is 0 Å². The minimum atomic E-state index is -1.57. The van der Waals surface area contributed by atoms with Crippen LogP contribution in [0.25, 0.3) is 0 Å². The van der Waals surface area contributed by atoms with Crippen LogP contribution < -0.4 is 0 Å². The Bertz CT molecular complexity index is 534. The molecular formula is C12H6F6O2Zn. The Labute approximate surface area is 127 Å². The molecule has 2 aromatic rings. The Balaban J connectivity index is 0.000000364. The first-order valence-corrected chi connectivity index (χ1v) is 4.89. The third-order valence-electron chi connectivity index (χ3n) is 1.94. The third kappa shape index (κ3) is 5.26. The fourth-order valence-corrected chi connectivity index (χ4v) is 1.08. The quantitative estimate of drug-likeness (QED) is 0.427. The van der Waals surface area contributed by atoms with Gasteiger partial charge in [-0.3, -0.25) is 0 Å². The zero-order valence-electron chi connectivity index (χ0n) is 10.2. The van der Waals surface area contributed by atoms with E-state index in [0.29, 0.717) is 24.3 Å². The topological polar surface area (TPSA) is 40.5 Å². The summed E-state index contributed by atoms with van der Waals surface area (Å²) in [7, 11) is 0. The Hall–Kier alpha value is -1.76. The fourth-order valence-electron chi connectivity index (χ4n) is 1.08. The van der Waals surface area contributed by atoms with E-state index < -0.39 is 46.4 Å². The van der Waals surface area contributed by atoms with Gasteiger partial charge in [0.1, 0.15) is 11.5 Å². The van der Waals surface area contributed by atoms with Crippen LogP contribution in [-0.2, 0) is 19.5 Å². The SMILES string of the molecule is Oc1cc(F)c(F)c(F)c1.Oc1cc(F)c(F)c(F)c1.[Zn]. The van der Waals surface area contributed by atoms with Crippen molar-refractivity contribution in [1.29, 1.82) is 0 Å². The summed E-state index contributed by atoms with van der Waals surface area (Å²) in [5, 5.41) is 16.9. The predicted molar refractivity (Wildman–Crippen MR) is 56.0 cm³/mol. The number of rotatable bonds is 0. The third-order valence-corrected chi connectivity index (χ3v) is 1.94. The number of phenols is 2. The molecule has 0 unspecified atom stereocenters. The van der Waals surface area contributed by atoms with Crippen molar-refractivity contribution in [3.8, 4) is 11.5 Å². The van der Waals surface area contributed by atoms with Crippen LogP contribution in [0.3, 0.4) is 0 Å². The number of hydrogen-bond donors (Lipinski definition) is 2. The van der Waals surface area contributed by atoms with Crippen LogP contribution in [0.4, 0.5) is 26.3 Å². The van der Waals surface area contributed by atoms with E-state index in [-0.39, 0.29) is 19.5 Å². The zero-order chi connectivity index (χ0) is 15.4. The number of hydrogen-bond acceptors (Lipinski definition) is 2. The van der Waals surface area contributed by atoms with Crippen LogP contribution >= 0.6 is 0 Å². The van der Waals surface area contributed by atoms with Crippen molar-refractivity contribution >= 4 is 0 Å². The molecule has 0 saturated heterocycles. The summed E-state index contributed by atoms with van der Waals surface area (Å²) in [5.41, 5.74) is 0. The molecule has 2 rings (SSSR count). The van der Waals surface area contributed by atoms with Gasteiger partial charge in [-0.2, -0.15) is 0 Å². The second kappa shape index (κ2) is 7.88. The summed E-state index contributed by atoms with van der Waals surface area (Å²) >= 11 is 0. The molecule has 0 atom stereocenters. The van der Waals surface area contributed by atoms with Crippen molar-refractivity contribution in [2.45, 2.75) is 0 Å². The first-order chi connectivity index (χ1) is 9.22. The van der Waals surface area contributed by atoms with E-state index in [1.807, 2.05) is 0 Å². The maximum atomic E-state index is 12.1. The largest absolute Gasteiger partial charge is 0.508 e. The maximum Gasteiger partial charge on any atom is 0.194 e. The molecule has 21 heavy (non-hydrogen) atoms. The van der Waals surface area contributed by atoms with E-state index in [1.165, 1.54) is 0 Å².